The number of halogens is 4. The van der Waals surface area contributed by atoms with Gasteiger partial charge in [0, 0.05) is 5.92 Å². The predicted molar refractivity (Wildman–Crippen MR) is 46.5 cm³/mol. The summed E-state index contributed by atoms with van der Waals surface area (Å²) < 4.78 is 52.9. The first-order valence-electron chi connectivity index (χ1n) is 5.26. The van der Waals surface area contributed by atoms with Crippen molar-refractivity contribution in [3.63, 3.8) is 0 Å². The second-order valence-corrected chi connectivity index (χ2v) is 4.78. The number of rotatable bonds is 3. The smallest absolute Gasteiger partial charge is 0.404 e. The zero-order valence-corrected chi connectivity index (χ0v) is 8.43. The van der Waals surface area contributed by atoms with Gasteiger partial charge in [0.25, 0.3) is 0 Å². The van der Waals surface area contributed by atoms with E-state index in [9.17, 15) is 22.4 Å². The molecule has 2 aliphatic carbocycles. The fraction of sp³-hybridized carbons (Fsp3) is 0.900. The highest BCUT2D eigenvalue weighted by atomic mass is 19.3. The van der Waals surface area contributed by atoms with Gasteiger partial charge in [-0.05, 0) is 31.1 Å². The van der Waals surface area contributed by atoms with E-state index in [2.05, 4.69) is 0 Å². The Morgan fingerprint density at radius 3 is 2.12 bits per heavy atom. The number of hydrogen-bond acceptors (Lipinski definition) is 1. The molecule has 0 amide bonds. The number of hydrogen-bond donors (Lipinski definition) is 1. The summed E-state index contributed by atoms with van der Waals surface area (Å²) in [6, 6.07) is 0. The molecule has 0 radical (unpaired) electrons. The minimum atomic E-state index is -4.96. The standard InChI is InChI=1S/C10H12F4O2/c11-9(12,10(13,14)8(15)16)7-4-5-1-2-6(7)3-5/h5-7H,1-4H2,(H,15,16). The van der Waals surface area contributed by atoms with Gasteiger partial charge < -0.3 is 5.11 Å². The summed E-state index contributed by atoms with van der Waals surface area (Å²) in [5.41, 5.74) is 0. The fourth-order valence-electron chi connectivity index (χ4n) is 3.06. The molecule has 2 aliphatic rings. The highest BCUT2D eigenvalue weighted by molar-refractivity contribution is 5.76. The van der Waals surface area contributed by atoms with Gasteiger partial charge in [0.05, 0.1) is 0 Å². The molecule has 2 nitrogen and oxygen atoms in total. The maximum Gasteiger partial charge on any atom is 0.404 e. The molecule has 0 saturated heterocycles. The Hall–Kier alpha value is -0.810. The van der Waals surface area contributed by atoms with Gasteiger partial charge in [-0.2, -0.15) is 17.6 Å². The molecule has 6 heteroatoms. The average Bonchev–Trinajstić information content (AvgIpc) is 2.77. The molecule has 92 valence electrons. The second-order valence-electron chi connectivity index (χ2n) is 4.78. The van der Waals surface area contributed by atoms with Gasteiger partial charge in [0.2, 0.25) is 0 Å². The van der Waals surface area contributed by atoms with Crippen LogP contribution in [0.15, 0.2) is 0 Å². The van der Waals surface area contributed by atoms with Crippen molar-refractivity contribution in [3.05, 3.63) is 0 Å². The molecule has 2 bridgehead atoms. The lowest BCUT2D eigenvalue weighted by Crippen LogP contribution is -2.53. The summed E-state index contributed by atoms with van der Waals surface area (Å²) in [5, 5.41) is 8.18. The van der Waals surface area contributed by atoms with Gasteiger partial charge >= 0.3 is 17.8 Å². The maximum atomic E-state index is 13.5. The zero-order valence-electron chi connectivity index (χ0n) is 8.43. The highest BCUT2D eigenvalue weighted by Crippen LogP contribution is 2.57. The monoisotopic (exact) mass is 240 g/mol. The van der Waals surface area contributed by atoms with Crippen molar-refractivity contribution in [3.8, 4) is 0 Å². The van der Waals surface area contributed by atoms with Crippen molar-refractivity contribution in [2.24, 2.45) is 17.8 Å². The Balaban J connectivity index is 2.22. The van der Waals surface area contributed by atoms with Gasteiger partial charge in [0.1, 0.15) is 0 Å². The summed E-state index contributed by atoms with van der Waals surface area (Å²) in [4.78, 5) is 10.2. The summed E-state index contributed by atoms with van der Waals surface area (Å²) in [6.45, 7) is 0. The lowest BCUT2D eigenvalue weighted by Gasteiger charge is -2.33. The van der Waals surface area contributed by atoms with E-state index < -0.39 is 29.7 Å². The van der Waals surface area contributed by atoms with E-state index in [4.69, 9.17) is 5.11 Å². The van der Waals surface area contributed by atoms with Crippen LogP contribution in [0.3, 0.4) is 0 Å². The number of carbonyl (C=O) groups is 1. The Morgan fingerprint density at radius 2 is 1.75 bits per heavy atom. The number of fused-ring (bicyclic) bond motifs is 2. The molecule has 0 aromatic heterocycles. The van der Waals surface area contributed by atoms with Crippen molar-refractivity contribution in [2.75, 3.05) is 0 Å². The Kier molecular flexibility index (Phi) is 2.44. The second kappa shape index (κ2) is 3.34. The normalized spacial score (nSPS) is 34.4. The fourth-order valence-corrected chi connectivity index (χ4v) is 3.06. The molecule has 0 aromatic rings. The molecule has 16 heavy (non-hydrogen) atoms. The number of aliphatic carboxylic acids is 1. The van der Waals surface area contributed by atoms with Gasteiger partial charge in [-0.3, -0.25) is 0 Å². The van der Waals surface area contributed by atoms with Crippen molar-refractivity contribution < 1.29 is 27.5 Å². The van der Waals surface area contributed by atoms with Crippen LogP contribution in [0.4, 0.5) is 17.6 Å². The first-order chi connectivity index (χ1) is 7.26. The van der Waals surface area contributed by atoms with Crippen LogP contribution < -0.4 is 0 Å². The van der Waals surface area contributed by atoms with Crippen molar-refractivity contribution in [1.82, 2.24) is 0 Å². The van der Waals surface area contributed by atoms with Crippen LogP contribution in [0.5, 0.6) is 0 Å². The molecule has 0 heterocycles. The van der Waals surface area contributed by atoms with E-state index >= 15 is 0 Å². The summed E-state index contributed by atoms with van der Waals surface area (Å²) in [6.07, 6.45) is 1.88. The van der Waals surface area contributed by atoms with E-state index in [-0.39, 0.29) is 12.3 Å². The first kappa shape index (κ1) is 11.7. The molecule has 2 rings (SSSR count). The van der Waals surface area contributed by atoms with E-state index in [0.29, 0.717) is 12.8 Å². The molecule has 1 N–H and O–H groups in total. The molecule has 3 atom stereocenters. The Morgan fingerprint density at radius 1 is 1.12 bits per heavy atom. The molecule has 0 spiro atoms. The number of carboxylic acid groups (broad SMARTS) is 1. The highest BCUT2D eigenvalue weighted by Gasteiger charge is 2.69. The molecular weight excluding hydrogens is 228 g/mol. The van der Waals surface area contributed by atoms with Crippen LogP contribution in [0.1, 0.15) is 25.7 Å². The van der Waals surface area contributed by atoms with Crippen LogP contribution in [-0.4, -0.2) is 22.9 Å². The van der Waals surface area contributed by atoms with E-state index in [1.807, 2.05) is 0 Å². The topological polar surface area (TPSA) is 37.3 Å². The summed E-state index contributed by atoms with van der Waals surface area (Å²) in [5.74, 6) is -14.0. The van der Waals surface area contributed by atoms with E-state index in [1.165, 1.54) is 0 Å². The average molecular weight is 240 g/mol. The SMILES string of the molecule is O=C(O)C(F)(F)C(F)(F)C1CC2CCC1C2. The molecule has 2 saturated carbocycles. The van der Waals surface area contributed by atoms with Crippen LogP contribution in [-0.2, 0) is 4.79 Å². The van der Waals surface area contributed by atoms with Crippen molar-refractivity contribution in [2.45, 2.75) is 37.5 Å². The van der Waals surface area contributed by atoms with E-state index in [1.54, 1.807) is 0 Å². The van der Waals surface area contributed by atoms with Crippen molar-refractivity contribution >= 4 is 5.97 Å². The summed E-state index contributed by atoms with van der Waals surface area (Å²) in [7, 11) is 0. The maximum absolute atomic E-state index is 13.5. The number of carboxylic acids is 1. The first-order valence-corrected chi connectivity index (χ1v) is 5.26. The minimum absolute atomic E-state index is 0.0283. The molecular formula is C10H12F4O2. The lowest BCUT2D eigenvalue weighted by atomic mass is 9.81. The number of alkyl halides is 4. The van der Waals surface area contributed by atoms with Crippen LogP contribution in [0, 0.1) is 17.8 Å². The third-order valence-electron chi connectivity index (χ3n) is 3.89. The third-order valence-corrected chi connectivity index (χ3v) is 3.89. The molecule has 0 aliphatic heterocycles. The van der Waals surface area contributed by atoms with Crippen molar-refractivity contribution in [1.29, 1.82) is 0 Å². The van der Waals surface area contributed by atoms with Gasteiger partial charge in [-0.15, -0.1) is 0 Å². The molecule has 3 unspecified atom stereocenters. The molecule has 2 fully saturated rings. The van der Waals surface area contributed by atoms with Crippen LogP contribution in [0.25, 0.3) is 0 Å². The quantitative estimate of drug-likeness (QED) is 0.770. The van der Waals surface area contributed by atoms with Crippen LogP contribution in [0.2, 0.25) is 0 Å². The van der Waals surface area contributed by atoms with Crippen LogP contribution >= 0.6 is 0 Å². The zero-order chi connectivity index (χ0) is 12.1. The van der Waals surface area contributed by atoms with Gasteiger partial charge in [-0.25, -0.2) is 4.79 Å². The Bertz CT molecular complexity index is 316. The third kappa shape index (κ3) is 1.42. The Labute approximate surface area is 89.6 Å². The lowest BCUT2D eigenvalue weighted by molar-refractivity contribution is -0.247. The largest absolute Gasteiger partial charge is 0.477 e. The van der Waals surface area contributed by atoms with E-state index in [0.717, 1.165) is 6.42 Å². The summed E-state index contributed by atoms with van der Waals surface area (Å²) >= 11 is 0. The molecule has 0 aromatic carbocycles. The van der Waals surface area contributed by atoms with Gasteiger partial charge in [-0.1, -0.05) is 6.42 Å². The van der Waals surface area contributed by atoms with Gasteiger partial charge in [0.15, 0.2) is 0 Å². The predicted octanol–water partition coefficient (Wildman–Crippen LogP) is 2.78. The minimum Gasteiger partial charge on any atom is -0.477 e.